The Morgan fingerprint density at radius 3 is 0.920 bits per heavy atom. The molecule has 0 spiro atoms. The molecule has 2 heterocycles. The van der Waals surface area contributed by atoms with Crippen LogP contribution >= 0.6 is 0 Å². The fourth-order valence-corrected chi connectivity index (χ4v) is 6.47. The lowest BCUT2D eigenvalue weighted by atomic mass is 9.96. The van der Waals surface area contributed by atoms with Crippen LogP contribution in [0.5, 0.6) is 23.0 Å². The summed E-state index contributed by atoms with van der Waals surface area (Å²) in [6.07, 6.45) is -0.341. The average molecular weight is 685 g/mol. The van der Waals surface area contributed by atoms with Gasteiger partial charge in [0, 0.05) is 0 Å². The van der Waals surface area contributed by atoms with Crippen molar-refractivity contribution in [1.29, 1.82) is 0 Å². The van der Waals surface area contributed by atoms with E-state index in [1.54, 1.807) is 0 Å². The van der Waals surface area contributed by atoms with Crippen molar-refractivity contribution in [3.8, 4) is 45.3 Å². The minimum absolute atomic E-state index is 0. The molecule has 2 unspecified atom stereocenters. The van der Waals surface area contributed by atoms with E-state index >= 15 is 0 Å². The van der Waals surface area contributed by atoms with E-state index in [2.05, 4.69) is 76.2 Å². The first-order valence-corrected chi connectivity index (χ1v) is 16.8. The van der Waals surface area contributed by atoms with Crippen molar-refractivity contribution in [3.63, 3.8) is 0 Å². The van der Waals surface area contributed by atoms with E-state index in [-0.39, 0.29) is 40.3 Å². The molecule has 2 atom stereocenters. The Morgan fingerprint density at radius 2 is 0.700 bits per heavy atom. The van der Waals surface area contributed by atoms with E-state index in [4.69, 9.17) is 28.4 Å². The van der Waals surface area contributed by atoms with E-state index in [9.17, 15) is 5.11 Å². The fraction of sp³-hybridized carbons (Fsp3) is 0.442. The van der Waals surface area contributed by atoms with Crippen molar-refractivity contribution in [2.75, 3.05) is 39.6 Å². The topological polar surface area (TPSA) is 82.2 Å². The first kappa shape index (κ1) is 38.8. The van der Waals surface area contributed by atoms with Crippen LogP contribution in [0.15, 0.2) is 48.5 Å². The molecule has 0 bridgehead atoms. The number of benzene rings is 4. The maximum absolute atomic E-state index is 10.8. The molecule has 0 aliphatic carbocycles. The monoisotopic (exact) mass is 684 g/mol. The van der Waals surface area contributed by atoms with Crippen molar-refractivity contribution >= 4 is 0 Å². The summed E-state index contributed by atoms with van der Waals surface area (Å²) in [5.41, 5.74) is 13.0. The van der Waals surface area contributed by atoms with Gasteiger partial charge >= 0.3 is 0 Å². The van der Waals surface area contributed by atoms with Crippen LogP contribution in [-0.4, -0.2) is 63.1 Å². The molecule has 7 nitrogen and oxygen atoms in total. The van der Waals surface area contributed by atoms with Gasteiger partial charge < -0.3 is 33.5 Å². The predicted octanol–water partition coefficient (Wildman–Crippen LogP) is 9.13. The van der Waals surface area contributed by atoms with E-state index in [0.717, 1.165) is 103 Å². The highest BCUT2D eigenvalue weighted by atomic mass is 16.6. The molecule has 2 aliphatic heterocycles. The van der Waals surface area contributed by atoms with E-state index in [1.165, 1.54) is 0 Å². The molecular formula is C43H56O7. The molecule has 6 rings (SSSR count). The van der Waals surface area contributed by atoms with Crippen LogP contribution in [0.25, 0.3) is 22.3 Å². The lowest BCUT2D eigenvalue weighted by Gasteiger charge is -2.20. The van der Waals surface area contributed by atoms with E-state index < -0.39 is 6.10 Å². The maximum atomic E-state index is 10.8. The first-order chi connectivity index (χ1) is 23.0. The molecule has 50 heavy (non-hydrogen) atoms. The molecule has 270 valence electrons. The maximum Gasteiger partial charge on any atom is 0.125 e. The summed E-state index contributed by atoms with van der Waals surface area (Å²) < 4.78 is 35.0. The van der Waals surface area contributed by atoms with Crippen LogP contribution in [0, 0.1) is 55.4 Å². The van der Waals surface area contributed by atoms with Crippen LogP contribution in [0.1, 0.15) is 59.4 Å². The van der Waals surface area contributed by atoms with Crippen LogP contribution < -0.4 is 18.9 Å². The lowest BCUT2D eigenvalue weighted by Crippen LogP contribution is -2.25. The van der Waals surface area contributed by atoms with Crippen LogP contribution in [-0.2, 0) is 9.47 Å². The van der Waals surface area contributed by atoms with Gasteiger partial charge in [-0.1, -0.05) is 14.9 Å². The molecule has 0 radical (unpaired) electrons. The molecule has 2 saturated heterocycles. The van der Waals surface area contributed by atoms with Gasteiger partial charge in [0.25, 0.3) is 0 Å². The van der Waals surface area contributed by atoms with E-state index in [0.29, 0.717) is 13.2 Å². The largest absolute Gasteiger partial charge is 0.490 e. The molecule has 0 saturated carbocycles. The van der Waals surface area contributed by atoms with Gasteiger partial charge in [0.1, 0.15) is 67.7 Å². The number of epoxide rings is 2. The molecular weight excluding hydrogens is 628 g/mol. The quantitative estimate of drug-likeness (QED) is 0.133. The Balaban J connectivity index is 0.00000281. The number of ether oxygens (including phenoxy) is 6. The summed E-state index contributed by atoms with van der Waals surface area (Å²) in [6, 6.07) is 17.2. The Kier molecular flexibility index (Phi) is 12.7. The predicted molar refractivity (Wildman–Crippen MR) is 203 cm³/mol. The zero-order valence-electron chi connectivity index (χ0n) is 29.5. The van der Waals surface area contributed by atoms with Gasteiger partial charge in [0.05, 0.1) is 13.2 Å². The van der Waals surface area contributed by atoms with Gasteiger partial charge in [-0.25, -0.2) is 0 Å². The number of hydrogen-bond acceptors (Lipinski definition) is 7. The fourth-order valence-electron chi connectivity index (χ4n) is 6.47. The third-order valence-electron chi connectivity index (χ3n) is 8.98. The van der Waals surface area contributed by atoms with Crippen molar-refractivity contribution in [3.05, 3.63) is 93.0 Å². The molecule has 7 heteroatoms. The molecule has 4 aromatic carbocycles. The highest BCUT2D eigenvalue weighted by Gasteiger charge is 2.25. The Morgan fingerprint density at radius 1 is 0.480 bits per heavy atom. The summed E-state index contributed by atoms with van der Waals surface area (Å²) in [5.74, 6) is 3.44. The Labute approximate surface area is 299 Å². The number of hydrogen-bond donors (Lipinski definition) is 1. The van der Waals surface area contributed by atoms with Crippen LogP contribution in [0.3, 0.4) is 0 Å². The third-order valence-corrected chi connectivity index (χ3v) is 8.98. The normalized spacial score (nSPS) is 16.5. The Hall–Kier alpha value is -4.04. The van der Waals surface area contributed by atoms with E-state index in [1.807, 2.05) is 27.7 Å². The minimum Gasteiger partial charge on any atom is -0.490 e. The molecule has 2 fully saturated rings. The number of aliphatic hydroxyl groups excluding tert-OH is 1. The molecule has 1 N–H and O–H groups in total. The van der Waals surface area contributed by atoms with Gasteiger partial charge in [-0.15, -0.1) is 0 Å². The standard InChI is InChI=1S/C41H48O7.2CH4/c1-23-9-31(33-13-27(5)40(28(6)14-33)47-21-36-19-43-36)10-24(2)38(23)45-17-35(42)18-46-39-25(3)11-32(12-26(39)4)34-15-29(7)41(30(8)16-34)48-22-37-20-44-37;;/h9-16,35-37,42H,17-22H2,1-8H3;2*1H4. The van der Waals surface area contributed by atoms with Crippen molar-refractivity contribution < 1.29 is 33.5 Å². The summed E-state index contributed by atoms with van der Waals surface area (Å²) in [6.45, 7) is 19.5. The van der Waals surface area contributed by atoms with Crippen LogP contribution in [0.2, 0.25) is 0 Å². The van der Waals surface area contributed by atoms with Gasteiger partial charge in [-0.05, 0) is 171 Å². The number of aliphatic hydroxyl groups is 1. The molecule has 2 aliphatic rings. The first-order valence-electron chi connectivity index (χ1n) is 16.8. The molecule has 0 amide bonds. The number of rotatable bonds is 14. The second-order valence-electron chi connectivity index (χ2n) is 13.6. The summed E-state index contributed by atoms with van der Waals surface area (Å²) in [4.78, 5) is 0. The van der Waals surface area contributed by atoms with Gasteiger partial charge in [-0.3, -0.25) is 0 Å². The summed E-state index contributed by atoms with van der Waals surface area (Å²) in [5, 5.41) is 10.8. The number of aryl methyl sites for hydroxylation is 8. The van der Waals surface area contributed by atoms with Crippen molar-refractivity contribution in [2.24, 2.45) is 0 Å². The smallest absolute Gasteiger partial charge is 0.125 e. The average Bonchev–Trinajstić information content (AvgIpc) is 3.95. The summed E-state index contributed by atoms with van der Waals surface area (Å²) >= 11 is 0. The zero-order chi connectivity index (χ0) is 34.1. The van der Waals surface area contributed by atoms with Crippen LogP contribution in [0.4, 0.5) is 0 Å². The second kappa shape index (κ2) is 16.3. The van der Waals surface area contributed by atoms with Gasteiger partial charge in [0.15, 0.2) is 0 Å². The SMILES string of the molecule is C.C.Cc1cc(-c2cc(C)c(OCC3CO3)c(C)c2)cc(C)c1OCC(O)COc1c(C)cc(-c2cc(C)c(OCC3CO3)c(C)c2)cc1C. The lowest BCUT2D eigenvalue weighted by molar-refractivity contribution is 0.0617. The molecule has 4 aromatic rings. The summed E-state index contributed by atoms with van der Waals surface area (Å²) in [7, 11) is 0. The zero-order valence-corrected chi connectivity index (χ0v) is 29.5. The van der Waals surface area contributed by atoms with Gasteiger partial charge in [0.2, 0.25) is 0 Å². The van der Waals surface area contributed by atoms with Crippen molar-refractivity contribution in [2.45, 2.75) is 88.6 Å². The highest BCUT2D eigenvalue weighted by molar-refractivity contribution is 5.71. The van der Waals surface area contributed by atoms with Crippen molar-refractivity contribution in [1.82, 2.24) is 0 Å². The highest BCUT2D eigenvalue weighted by Crippen LogP contribution is 2.36. The molecule has 0 aromatic heterocycles. The second-order valence-corrected chi connectivity index (χ2v) is 13.6. The third kappa shape index (κ3) is 9.19. The minimum atomic E-state index is -0.792. The Bertz CT molecular complexity index is 1580. The van der Waals surface area contributed by atoms with Gasteiger partial charge in [-0.2, -0.15) is 0 Å².